The van der Waals surface area contributed by atoms with Gasteiger partial charge in [-0.2, -0.15) is 13.2 Å². The third kappa shape index (κ3) is 3.18. The zero-order valence-electron chi connectivity index (χ0n) is 12.6. The minimum atomic E-state index is -4.31. The van der Waals surface area contributed by atoms with Crippen molar-refractivity contribution in [2.75, 3.05) is 11.9 Å². The molecule has 2 rings (SSSR count). The van der Waals surface area contributed by atoms with Gasteiger partial charge in [-0.25, -0.2) is 0 Å². The highest BCUT2D eigenvalue weighted by molar-refractivity contribution is 5.48. The van der Waals surface area contributed by atoms with Gasteiger partial charge in [0.25, 0.3) is 0 Å². The molecule has 0 radical (unpaired) electrons. The van der Waals surface area contributed by atoms with Gasteiger partial charge in [-0.1, -0.05) is 19.9 Å². The van der Waals surface area contributed by atoms with Gasteiger partial charge in [-0.3, -0.25) is 0 Å². The first-order valence-corrected chi connectivity index (χ1v) is 7.36. The molecular formula is C16H22F3NO. The van der Waals surface area contributed by atoms with Crippen molar-refractivity contribution >= 4 is 5.69 Å². The molecule has 1 fully saturated rings. The molecule has 0 bridgehead atoms. The average Bonchev–Trinajstić information content (AvgIpc) is 2.44. The molecule has 21 heavy (non-hydrogen) atoms. The molecule has 0 aliphatic heterocycles. The van der Waals surface area contributed by atoms with Crippen LogP contribution in [0.15, 0.2) is 24.3 Å². The minimum absolute atomic E-state index is 0.0375. The second-order valence-electron chi connectivity index (χ2n) is 5.81. The highest BCUT2D eigenvalue weighted by Crippen LogP contribution is 2.47. The second-order valence-corrected chi connectivity index (χ2v) is 5.81. The Morgan fingerprint density at radius 2 is 2.05 bits per heavy atom. The fraction of sp³-hybridized carbons (Fsp3) is 0.625. The first-order valence-electron chi connectivity index (χ1n) is 7.36. The van der Waals surface area contributed by atoms with Gasteiger partial charge < -0.3 is 10.1 Å². The van der Waals surface area contributed by atoms with Crippen molar-refractivity contribution in [3.05, 3.63) is 29.8 Å². The largest absolute Gasteiger partial charge is 0.416 e. The lowest BCUT2D eigenvalue weighted by Gasteiger charge is -2.54. The van der Waals surface area contributed by atoms with Crippen LogP contribution in [-0.2, 0) is 10.9 Å². The zero-order chi connectivity index (χ0) is 15.7. The molecule has 5 heteroatoms. The van der Waals surface area contributed by atoms with E-state index in [0.717, 1.165) is 18.9 Å². The molecular weight excluding hydrogens is 279 g/mol. The van der Waals surface area contributed by atoms with Crippen LogP contribution in [0.4, 0.5) is 18.9 Å². The van der Waals surface area contributed by atoms with Gasteiger partial charge in [0, 0.05) is 23.8 Å². The van der Waals surface area contributed by atoms with E-state index in [0.29, 0.717) is 12.3 Å². The highest BCUT2D eigenvalue weighted by Gasteiger charge is 2.51. The fourth-order valence-corrected chi connectivity index (χ4v) is 2.96. The van der Waals surface area contributed by atoms with Gasteiger partial charge in [0.1, 0.15) is 0 Å². The van der Waals surface area contributed by atoms with Crippen molar-refractivity contribution in [3.63, 3.8) is 0 Å². The lowest BCUT2D eigenvalue weighted by Crippen LogP contribution is -2.59. The van der Waals surface area contributed by atoms with E-state index in [9.17, 15) is 13.2 Å². The maximum atomic E-state index is 12.7. The number of ether oxygens (including phenoxy) is 1. The number of alkyl halides is 3. The Labute approximate surface area is 123 Å². The van der Waals surface area contributed by atoms with E-state index in [-0.39, 0.29) is 17.6 Å². The molecule has 3 unspecified atom stereocenters. The molecule has 0 spiro atoms. The summed E-state index contributed by atoms with van der Waals surface area (Å²) in [5.74, 6) is 0. The number of anilines is 1. The van der Waals surface area contributed by atoms with Crippen LogP contribution in [0.2, 0.25) is 0 Å². The van der Waals surface area contributed by atoms with E-state index >= 15 is 0 Å². The highest BCUT2D eigenvalue weighted by atomic mass is 19.4. The smallest absolute Gasteiger partial charge is 0.382 e. The molecule has 1 saturated carbocycles. The predicted molar refractivity (Wildman–Crippen MR) is 77.3 cm³/mol. The molecule has 1 aliphatic rings. The van der Waals surface area contributed by atoms with Crippen LogP contribution in [-0.4, -0.2) is 18.8 Å². The Balaban J connectivity index is 2.09. The third-order valence-electron chi connectivity index (χ3n) is 4.64. The van der Waals surface area contributed by atoms with E-state index in [1.807, 2.05) is 6.92 Å². The molecule has 1 N–H and O–H groups in total. The summed E-state index contributed by atoms with van der Waals surface area (Å²) in [6, 6.07) is 5.52. The Bertz CT molecular complexity index is 489. The molecule has 1 aromatic rings. The average molecular weight is 301 g/mol. The summed E-state index contributed by atoms with van der Waals surface area (Å²) in [4.78, 5) is 0. The van der Waals surface area contributed by atoms with E-state index in [1.54, 1.807) is 6.07 Å². The summed E-state index contributed by atoms with van der Waals surface area (Å²) in [6.45, 7) is 6.84. The maximum Gasteiger partial charge on any atom is 0.416 e. The Morgan fingerprint density at radius 3 is 2.62 bits per heavy atom. The van der Waals surface area contributed by atoms with Crippen molar-refractivity contribution in [1.29, 1.82) is 0 Å². The second kappa shape index (κ2) is 5.87. The Kier molecular flexibility index (Phi) is 4.51. The molecule has 0 heterocycles. The molecule has 0 amide bonds. The van der Waals surface area contributed by atoms with Gasteiger partial charge >= 0.3 is 6.18 Å². The Hall–Kier alpha value is -1.23. The van der Waals surface area contributed by atoms with Crippen LogP contribution in [0.1, 0.15) is 39.2 Å². The van der Waals surface area contributed by atoms with E-state index < -0.39 is 11.7 Å². The quantitative estimate of drug-likeness (QED) is 0.850. The van der Waals surface area contributed by atoms with Crippen LogP contribution in [0.3, 0.4) is 0 Å². The molecule has 1 aromatic carbocycles. The van der Waals surface area contributed by atoms with Crippen molar-refractivity contribution in [1.82, 2.24) is 0 Å². The van der Waals surface area contributed by atoms with Crippen molar-refractivity contribution < 1.29 is 17.9 Å². The summed E-state index contributed by atoms with van der Waals surface area (Å²) in [5, 5.41) is 3.24. The molecule has 3 atom stereocenters. The number of hydrogen-bond acceptors (Lipinski definition) is 2. The molecule has 118 valence electrons. The summed E-state index contributed by atoms with van der Waals surface area (Å²) in [6.07, 6.45) is -2.38. The summed E-state index contributed by atoms with van der Waals surface area (Å²) >= 11 is 0. The van der Waals surface area contributed by atoms with Crippen molar-refractivity contribution in [3.8, 4) is 0 Å². The number of rotatable bonds is 5. The minimum Gasteiger partial charge on any atom is -0.382 e. The van der Waals surface area contributed by atoms with Gasteiger partial charge in [-0.15, -0.1) is 0 Å². The van der Waals surface area contributed by atoms with E-state index in [1.165, 1.54) is 12.1 Å². The van der Waals surface area contributed by atoms with Crippen LogP contribution >= 0.6 is 0 Å². The molecule has 0 aromatic heterocycles. The number of nitrogens with one attached hydrogen (secondary N) is 1. The van der Waals surface area contributed by atoms with Gasteiger partial charge in [0.2, 0.25) is 0 Å². The predicted octanol–water partition coefficient (Wildman–Crippen LogP) is 4.71. The monoisotopic (exact) mass is 301 g/mol. The third-order valence-corrected chi connectivity index (χ3v) is 4.64. The standard InChI is InChI=1S/C16H22F3NO/c1-4-15(3)13(10-14(15)21-5-2)20-12-8-6-7-11(9-12)16(17,18)19/h6-9,13-14,20H,4-5,10H2,1-3H3. The number of hydrogen-bond donors (Lipinski definition) is 1. The van der Waals surface area contributed by atoms with Gasteiger partial charge in [0.05, 0.1) is 11.7 Å². The summed E-state index contributed by atoms with van der Waals surface area (Å²) in [7, 11) is 0. The van der Waals surface area contributed by atoms with E-state index in [4.69, 9.17) is 4.74 Å². The van der Waals surface area contributed by atoms with Gasteiger partial charge in [0.15, 0.2) is 0 Å². The van der Waals surface area contributed by atoms with Crippen molar-refractivity contribution in [2.24, 2.45) is 5.41 Å². The van der Waals surface area contributed by atoms with Crippen molar-refractivity contribution in [2.45, 2.75) is 51.9 Å². The summed E-state index contributed by atoms with van der Waals surface area (Å²) in [5.41, 5.74) is -0.139. The lowest BCUT2D eigenvalue weighted by atomic mass is 9.61. The number of halogens is 3. The maximum absolute atomic E-state index is 12.7. The first-order chi connectivity index (χ1) is 9.81. The summed E-state index contributed by atoms with van der Waals surface area (Å²) < 4.78 is 43.9. The first kappa shape index (κ1) is 16.1. The molecule has 1 aliphatic carbocycles. The SMILES string of the molecule is CCOC1CC(Nc2cccc(C(F)(F)F)c2)C1(C)CC. The van der Waals surface area contributed by atoms with Crippen LogP contribution in [0, 0.1) is 5.41 Å². The normalized spacial score (nSPS) is 29.0. The fourth-order valence-electron chi connectivity index (χ4n) is 2.96. The number of benzene rings is 1. The van der Waals surface area contributed by atoms with E-state index in [2.05, 4.69) is 19.2 Å². The topological polar surface area (TPSA) is 21.3 Å². The Morgan fingerprint density at radius 1 is 1.33 bits per heavy atom. The zero-order valence-corrected chi connectivity index (χ0v) is 12.6. The molecule has 2 nitrogen and oxygen atoms in total. The van der Waals surface area contributed by atoms with Gasteiger partial charge in [-0.05, 0) is 38.0 Å². The lowest BCUT2D eigenvalue weighted by molar-refractivity contribution is -0.137. The molecule has 0 saturated heterocycles. The van der Waals surface area contributed by atoms with Crippen LogP contribution < -0.4 is 5.32 Å². The van der Waals surface area contributed by atoms with Crippen LogP contribution in [0.5, 0.6) is 0 Å². The van der Waals surface area contributed by atoms with Crippen LogP contribution in [0.25, 0.3) is 0 Å².